The lowest BCUT2D eigenvalue weighted by Gasteiger charge is -2.30. The van der Waals surface area contributed by atoms with Crippen molar-refractivity contribution >= 4 is 5.91 Å². The van der Waals surface area contributed by atoms with Gasteiger partial charge in [-0.25, -0.2) is 0 Å². The monoisotopic (exact) mass is 267 g/mol. The Labute approximate surface area is 115 Å². The van der Waals surface area contributed by atoms with E-state index in [1.54, 1.807) is 9.58 Å². The van der Waals surface area contributed by atoms with Crippen LogP contribution in [0.1, 0.15) is 48.4 Å². The Kier molecular flexibility index (Phi) is 5.54. The predicted molar refractivity (Wildman–Crippen MR) is 75.2 cm³/mol. The Balaban J connectivity index is 3.12. The van der Waals surface area contributed by atoms with E-state index in [1.165, 1.54) is 0 Å². The Hall–Kier alpha value is -1.36. The van der Waals surface area contributed by atoms with Gasteiger partial charge in [0.05, 0.1) is 17.9 Å². The molecule has 19 heavy (non-hydrogen) atoms. The Bertz CT molecular complexity index is 436. The van der Waals surface area contributed by atoms with Crippen LogP contribution in [0, 0.1) is 13.8 Å². The van der Waals surface area contributed by atoms with Crippen molar-refractivity contribution in [2.75, 3.05) is 13.2 Å². The summed E-state index contributed by atoms with van der Waals surface area (Å²) in [5, 5.41) is 13.5. The van der Waals surface area contributed by atoms with E-state index in [2.05, 4.69) is 18.9 Å². The van der Waals surface area contributed by atoms with Gasteiger partial charge in [0.2, 0.25) is 0 Å². The van der Waals surface area contributed by atoms with Gasteiger partial charge in [0.1, 0.15) is 0 Å². The van der Waals surface area contributed by atoms with Crippen LogP contribution in [0.5, 0.6) is 0 Å². The van der Waals surface area contributed by atoms with Crippen molar-refractivity contribution in [2.45, 2.75) is 46.6 Å². The first kappa shape index (κ1) is 15.7. The summed E-state index contributed by atoms with van der Waals surface area (Å²) in [6, 6.07) is 0.165. The maximum atomic E-state index is 12.7. The van der Waals surface area contributed by atoms with Gasteiger partial charge in [0.15, 0.2) is 0 Å². The average Bonchev–Trinajstić information content (AvgIpc) is 2.63. The molecule has 0 saturated heterocycles. The molecule has 1 N–H and O–H groups in total. The Morgan fingerprint density at radius 2 is 1.95 bits per heavy atom. The molecule has 108 valence electrons. The summed E-state index contributed by atoms with van der Waals surface area (Å²) in [7, 11) is 1.84. The predicted octanol–water partition coefficient (Wildman–Crippen LogP) is 1.66. The van der Waals surface area contributed by atoms with Crippen LogP contribution >= 0.6 is 0 Å². The van der Waals surface area contributed by atoms with Crippen molar-refractivity contribution < 1.29 is 9.90 Å². The first-order valence-corrected chi connectivity index (χ1v) is 6.89. The van der Waals surface area contributed by atoms with E-state index in [0.29, 0.717) is 12.1 Å². The summed E-state index contributed by atoms with van der Waals surface area (Å²) in [5.74, 6) is -0.0224. The van der Waals surface area contributed by atoms with Gasteiger partial charge in [0.25, 0.3) is 5.91 Å². The fraction of sp³-hybridized carbons (Fsp3) is 0.714. The molecule has 1 aromatic heterocycles. The molecule has 0 saturated carbocycles. The maximum Gasteiger partial charge on any atom is 0.257 e. The molecule has 1 aromatic rings. The number of aliphatic hydroxyl groups is 1. The van der Waals surface area contributed by atoms with Gasteiger partial charge in [0, 0.05) is 25.3 Å². The second-order valence-corrected chi connectivity index (χ2v) is 4.86. The van der Waals surface area contributed by atoms with Gasteiger partial charge < -0.3 is 10.0 Å². The smallest absolute Gasteiger partial charge is 0.257 e. The van der Waals surface area contributed by atoms with Crippen molar-refractivity contribution in [1.29, 1.82) is 0 Å². The normalized spacial score (nSPS) is 11.1. The van der Waals surface area contributed by atoms with Crippen LogP contribution in [0.2, 0.25) is 0 Å². The highest BCUT2D eigenvalue weighted by Crippen LogP contribution is 2.18. The van der Waals surface area contributed by atoms with E-state index in [0.717, 1.165) is 24.2 Å². The standard InChI is InChI=1S/C14H25N3O2/c1-6-12(7-2)17(8-9-18)14(19)13-10(3)15-16(5)11(13)4/h12,18H,6-9H2,1-5H3. The third-order valence-electron chi connectivity index (χ3n) is 3.71. The summed E-state index contributed by atoms with van der Waals surface area (Å²) in [5.41, 5.74) is 2.29. The summed E-state index contributed by atoms with van der Waals surface area (Å²) < 4.78 is 1.73. The summed E-state index contributed by atoms with van der Waals surface area (Å²) in [4.78, 5) is 14.5. The van der Waals surface area contributed by atoms with Crippen molar-refractivity contribution in [2.24, 2.45) is 7.05 Å². The van der Waals surface area contributed by atoms with Crippen LogP contribution in [0.3, 0.4) is 0 Å². The second-order valence-electron chi connectivity index (χ2n) is 4.86. The van der Waals surface area contributed by atoms with Gasteiger partial charge in [-0.15, -0.1) is 0 Å². The van der Waals surface area contributed by atoms with Gasteiger partial charge in [-0.2, -0.15) is 5.10 Å². The van der Waals surface area contributed by atoms with Crippen molar-refractivity contribution in [3.8, 4) is 0 Å². The molecule has 0 aromatic carbocycles. The second kappa shape index (κ2) is 6.70. The molecule has 0 fully saturated rings. The molecular weight excluding hydrogens is 242 g/mol. The fourth-order valence-electron chi connectivity index (χ4n) is 2.51. The number of carbonyl (C=O) groups is 1. The minimum atomic E-state index is -0.0224. The summed E-state index contributed by atoms with van der Waals surface area (Å²) in [6.45, 7) is 8.24. The Morgan fingerprint density at radius 3 is 2.32 bits per heavy atom. The third-order valence-corrected chi connectivity index (χ3v) is 3.71. The lowest BCUT2D eigenvalue weighted by atomic mass is 10.1. The van der Waals surface area contributed by atoms with E-state index < -0.39 is 0 Å². The van der Waals surface area contributed by atoms with Gasteiger partial charge >= 0.3 is 0 Å². The highest BCUT2D eigenvalue weighted by molar-refractivity contribution is 5.96. The molecule has 0 bridgehead atoms. The molecule has 0 atom stereocenters. The van der Waals surface area contributed by atoms with Gasteiger partial charge in [-0.1, -0.05) is 13.8 Å². The molecule has 0 unspecified atom stereocenters. The molecule has 5 heteroatoms. The quantitative estimate of drug-likeness (QED) is 0.852. The Morgan fingerprint density at radius 1 is 1.37 bits per heavy atom. The van der Waals surface area contributed by atoms with Crippen LogP contribution < -0.4 is 0 Å². The number of carbonyl (C=O) groups excluding carboxylic acids is 1. The van der Waals surface area contributed by atoms with Crippen molar-refractivity contribution in [1.82, 2.24) is 14.7 Å². The van der Waals surface area contributed by atoms with E-state index in [-0.39, 0.29) is 18.6 Å². The van der Waals surface area contributed by atoms with Crippen LogP contribution in [0.15, 0.2) is 0 Å². The average molecular weight is 267 g/mol. The summed E-state index contributed by atoms with van der Waals surface area (Å²) >= 11 is 0. The van der Waals surface area contributed by atoms with Crippen molar-refractivity contribution in [3.63, 3.8) is 0 Å². The van der Waals surface area contributed by atoms with Crippen molar-refractivity contribution in [3.05, 3.63) is 17.0 Å². The minimum absolute atomic E-state index is 0.0133. The SMILES string of the molecule is CCC(CC)N(CCO)C(=O)c1c(C)nn(C)c1C. The zero-order valence-electron chi connectivity index (χ0n) is 12.6. The lowest BCUT2D eigenvalue weighted by molar-refractivity contribution is 0.0620. The summed E-state index contributed by atoms with van der Waals surface area (Å²) in [6.07, 6.45) is 1.78. The number of hydrogen-bond donors (Lipinski definition) is 1. The largest absolute Gasteiger partial charge is 0.395 e. The lowest BCUT2D eigenvalue weighted by Crippen LogP contribution is -2.42. The molecule has 0 aliphatic heterocycles. The number of amides is 1. The number of aryl methyl sites for hydroxylation is 2. The molecule has 1 heterocycles. The van der Waals surface area contributed by atoms with E-state index in [9.17, 15) is 9.90 Å². The number of aliphatic hydroxyl groups excluding tert-OH is 1. The minimum Gasteiger partial charge on any atom is -0.395 e. The van der Waals surface area contributed by atoms with Gasteiger partial charge in [-0.3, -0.25) is 9.48 Å². The molecule has 5 nitrogen and oxygen atoms in total. The third kappa shape index (κ3) is 3.15. The topological polar surface area (TPSA) is 58.4 Å². The molecule has 0 spiro atoms. The number of nitrogens with zero attached hydrogens (tertiary/aromatic N) is 3. The molecule has 1 rings (SSSR count). The van der Waals surface area contributed by atoms with Gasteiger partial charge in [-0.05, 0) is 26.7 Å². The fourth-order valence-corrected chi connectivity index (χ4v) is 2.51. The van der Waals surface area contributed by atoms with E-state index in [1.807, 2.05) is 20.9 Å². The number of rotatable bonds is 6. The van der Waals surface area contributed by atoms with E-state index in [4.69, 9.17) is 0 Å². The zero-order valence-corrected chi connectivity index (χ0v) is 12.6. The number of aromatic nitrogens is 2. The first-order chi connectivity index (χ1) is 8.97. The zero-order chi connectivity index (χ0) is 14.6. The highest BCUT2D eigenvalue weighted by Gasteiger charge is 2.26. The van der Waals surface area contributed by atoms with Crippen LogP contribution in [0.25, 0.3) is 0 Å². The maximum absolute atomic E-state index is 12.7. The molecule has 1 amide bonds. The number of hydrogen-bond acceptors (Lipinski definition) is 3. The van der Waals surface area contributed by atoms with Crippen LogP contribution in [0.4, 0.5) is 0 Å². The molecule has 0 aliphatic rings. The highest BCUT2D eigenvalue weighted by atomic mass is 16.3. The van der Waals surface area contributed by atoms with E-state index >= 15 is 0 Å². The molecule has 0 aliphatic carbocycles. The molecular formula is C14H25N3O2. The first-order valence-electron chi connectivity index (χ1n) is 6.89. The van der Waals surface area contributed by atoms with Crippen LogP contribution in [-0.4, -0.2) is 44.9 Å². The molecule has 0 radical (unpaired) electrons. The van der Waals surface area contributed by atoms with Crippen LogP contribution in [-0.2, 0) is 7.05 Å².